The van der Waals surface area contributed by atoms with E-state index in [9.17, 15) is 9.59 Å². The van der Waals surface area contributed by atoms with Crippen molar-refractivity contribution in [2.75, 3.05) is 39.3 Å². The quantitative estimate of drug-likeness (QED) is 0.690. The second kappa shape index (κ2) is 10.6. The molecule has 0 N–H and O–H groups in total. The van der Waals surface area contributed by atoms with E-state index in [1.165, 1.54) is 12.5 Å². The summed E-state index contributed by atoms with van der Waals surface area (Å²) in [5.74, 6) is 0.782. The summed E-state index contributed by atoms with van der Waals surface area (Å²) in [4.78, 5) is 30.3. The lowest BCUT2D eigenvalue weighted by atomic mass is 10.2. The Labute approximate surface area is 172 Å². The summed E-state index contributed by atoms with van der Waals surface area (Å²) >= 11 is 0. The molecule has 1 saturated heterocycles. The lowest BCUT2D eigenvalue weighted by Gasteiger charge is -2.34. The van der Waals surface area contributed by atoms with Gasteiger partial charge in [-0.25, -0.2) is 0 Å². The van der Waals surface area contributed by atoms with E-state index in [0.29, 0.717) is 19.5 Å². The van der Waals surface area contributed by atoms with Gasteiger partial charge < -0.3 is 14.2 Å². The van der Waals surface area contributed by atoms with Crippen molar-refractivity contribution in [2.45, 2.75) is 19.9 Å². The van der Waals surface area contributed by atoms with Crippen molar-refractivity contribution in [2.24, 2.45) is 0 Å². The Kier molecular flexibility index (Phi) is 7.64. The van der Waals surface area contributed by atoms with Crippen LogP contribution < -0.4 is 0 Å². The lowest BCUT2D eigenvalue weighted by molar-refractivity contribution is -0.135. The topological polar surface area (TPSA) is 57.0 Å². The van der Waals surface area contributed by atoms with Gasteiger partial charge in [0.05, 0.1) is 12.8 Å². The SMILES string of the molecule is CC(=O)N(CCC(=O)N1CCN(C/C=C/c2ccccc2)CC1)Cc1ccco1. The summed E-state index contributed by atoms with van der Waals surface area (Å²) in [5, 5.41) is 0. The number of hydrogen-bond acceptors (Lipinski definition) is 4. The van der Waals surface area contributed by atoms with Gasteiger partial charge in [0.1, 0.15) is 5.76 Å². The Morgan fingerprint density at radius 1 is 1.07 bits per heavy atom. The first-order chi connectivity index (χ1) is 14.1. The third kappa shape index (κ3) is 6.61. The van der Waals surface area contributed by atoms with Gasteiger partial charge in [0, 0.05) is 52.6 Å². The molecule has 6 nitrogen and oxygen atoms in total. The third-order valence-corrected chi connectivity index (χ3v) is 5.17. The van der Waals surface area contributed by atoms with Crippen molar-refractivity contribution in [1.82, 2.24) is 14.7 Å². The molecular formula is C23H29N3O3. The van der Waals surface area contributed by atoms with Crippen LogP contribution in [0.5, 0.6) is 0 Å². The number of hydrogen-bond donors (Lipinski definition) is 0. The van der Waals surface area contributed by atoms with Crippen molar-refractivity contribution >= 4 is 17.9 Å². The van der Waals surface area contributed by atoms with E-state index < -0.39 is 0 Å². The van der Waals surface area contributed by atoms with Gasteiger partial charge in [-0.3, -0.25) is 14.5 Å². The minimum atomic E-state index is -0.0516. The fourth-order valence-electron chi connectivity index (χ4n) is 3.41. The van der Waals surface area contributed by atoms with Gasteiger partial charge in [0.15, 0.2) is 0 Å². The van der Waals surface area contributed by atoms with E-state index >= 15 is 0 Å². The molecule has 0 spiro atoms. The van der Waals surface area contributed by atoms with E-state index in [4.69, 9.17) is 4.42 Å². The van der Waals surface area contributed by atoms with Gasteiger partial charge in [-0.15, -0.1) is 0 Å². The molecule has 0 bridgehead atoms. The van der Waals surface area contributed by atoms with Crippen molar-refractivity contribution in [3.63, 3.8) is 0 Å². The number of carbonyl (C=O) groups excluding carboxylic acids is 2. The molecule has 0 atom stereocenters. The maximum absolute atomic E-state index is 12.6. The smallest absolute Gasteiger partial charge is 0.224 e. The van der Waals surface area contributed by atoms with Crippen molar-refractivity contribution in [3.8, 4) is 0 Å². The average Bonchev–Trinajstić information content (AvgIpc) is 3.25. The van der Waals surface area contributed by atoms with Gasteiger partial charge in [0.25, 0.3) is 0 Å². The standard InChI is InChI=1S/C23H29N3O3/c1-20(27)26(19-22-10-6-18-29-22)13-11-23(28)25-16-14-24(15-17-25)12-5-9-21-7-3-2-4-8-21/h2-10,18H,11-17,19H2,1H3/b9-5+. The van der Waals surface area contributed by atoms with Gasteiger partial charge in [-0.2, -0.15) is 0 Å². The molecule has 29 heavy (non-hydrogen) atoms. The second-order valence-electron chi connectivity index (χ2n) is 7.26. The van der Waals surface area contributed by atoms with Crippen LogP contribution in [0.1, 0.15) is 24.7 Å². The predicted octanol–water partition coefficient (Wildman–Crippen LogP) is 2.88. The first-order valence-corrected chi connectivity index (χ1v) is 10.1. The van der Waals surface area contributed by atoms with Gasteiger partial charge in [-0.05, 0) is 17.7 Å². The Hall–Kier alpha value is -2.86. The van der Waals surface area contributed by atoms with Crippen molar-refractivity contribution < 1.29 is 14.0 Å². The number of benzene rings is 1. The summed E-state index contributed by atoms with van der Waals surface area (Å²) in [7, 11) is 0. The highest BCUT2D eigenvalue weighted by atomic mass is 16.3. The summed E-state index contributed by atoms with van der Waals surface area (Å²) in [5.41, 5.74) is 1.20. The number of rotatable bonds is 8. The lowest BCUT2D eigenvalue weighted by Crippen LogP contribution is -2.49. The number of amides is 2. The Morgan fingerprint density at radius 2 is 1.83 bits per heavy atom. The minimum Gasteiger partial charge on any atom is -0.467 e. The third-order valence-electron chi connectivity index (χ3n) is 5.17. The van der Waals surface area contributed by atoms with Gasteiger partial charge >= 0.3 is 0 Å². The van der Waals surface area contributed by atoms with Crippen LogP contribution in [-0.2, 0) is 16.1 Å². The molecule has 2 amide bonds. The van der Waals surface area contributed by atoms with E-state index in [-0.39, 0.29) is 11.8 Å². The minimum absolute atomic E-state index is 0.0516. The largest absolute Gasteiger partial charge is 0.467 e. The van der Waals surface area contributed by atoms with Crippen molar-refractivity contribution in [1.29, 1.82) is 0 Å². The summed E-state index contributed by atoms with van der Waals surface area (Å²) in [6, 6.07) is 13.9. The molecule has 1 aliphatic rings. The zero-order chi connectivity index (χ0) is 20.5. The number of carbonyl (C=O) groups is 2. The zero-order valence-corrected chi connectivity index (χ0v) is 17.0. The number of piperazine rings is 1. The van der Waals surface area contributed by atoms with E-state index in [1.54, 1.807) is 17.2 Å². The molecule has 0 radical (unpaired) electrons. The van der Waals surface area contributed by atoms with Gasteiger partial charge in [0.2, 0.25) is 11.8 Å². The molecule has 1 fully saturated rings. The van der Waals surface area contributed by atoms with Crippen LogP contribution in [0, 0.1) is 0 Å². The molecule has 1 aliphatic heterocycles. The average molecular weight is 396 g/mol. The highest BCUT2D eigenvalue weighted by Gasteiger charge is 2.21. The van der Waals surface area contributed by atoms with Crippen LogP contribution in [0.2, 0.25) is 0 Å². The summed E-state index contributed by atoms with van der Waals surface area (Å²) in [6.45, 7) is 6.42. The highest BCUT2D eigenvalue weighted by molar-refractivity contribution is 5.78. The molecule has 1 aromatic carbocycles. The van der Waals surface area contributed by atoms with Gasteiger partial charge in [-0.1, -0.05) is 42.5 Å². The van der Waals surface area contributed by atoms with Crippen molar-refractivity contribution in [3.05, 3.63) is 66.1 Å². The molecule has 154 valence electrons. The van der Waals surface area contributed by atoms with Crippen LogP contribution in [0.3, 0.4) is 0 Å². The second-order valence-corrected chi connectivity index (χ2v) is 7.26. The maximum Gasteiger partial charge on any atom is 0.224 e. The molecule has 3 rings (SSSR count). The molecule has 0 aliphatic carbocycles. The predicted molar refractivity (Wildman–Crippen MR) is 113 cm³/mol. The fraction of sp³-hybridized carbons (Fsp3) is 0.391. The van der Waals surface area contributed by atoms with Crippen LogP contribution in [0.4, 0.5) is 0 Å². The van der Waals surface area contributed by atoms with Crippen LogP contribution >= 0.6 is 0 Å². The van der Waals surface area contributed by atoms with Crippen LogP contribution in [0.25, 0.3) is 6.08 Å². The Bertz CT molecular complexity index is 794. The molecule has 1 aromatic heterocycles. The van der Waals surface area contributed by atoms with Crippen LogP contribution in [0.15, 0.2) is 59.2 Å². The maximum atomic E-state index is 12.6. The summed E-state index contributed by atoms with van der Waals surface area (Å²) in [6.07, 6.45) is 6.24. The fourth-order valence-corrected chi connectivity index (χ4v) is 3.41. The molecule has 6 heteroatoms. The number of nitrogens with zero attached hydrogens (tertiary/aromatic N) is 3. The van der Waals surface area contributed by atoms with E-state index in [1.807, 2.05) is 29.2 Å². The molecule has 0 saturated carbocycles. The zero-order valence-electron chi connectivity index (χ0n) is 17.0. The molecule has 0 unspecified atom stereocenters. The molecule has 2 aromatic rings. The first-order valence-electron chi connectivity index (χ1n) is 10.1. The molecular weight excluding hydrogens is 366 g/mol. The Morgan fingerprint density at radius 3 is 2.48 bits per heavy atom. The van der Waals surface area contributed by atoms with E-state index in [2.05, 4.69) is 29.2 Å². The summed E-state index contributed by atoms with van der Waals surface area (Å²) < 4.78 is 5.31. The van der Waals surface area contributed by atoms with E-state index in [0.717, 1.165) is 38.5 Å². The number of furan rings is 1. The Balaban J connectivity index is 1.39. The van der Waals surface area contributed by atoms with Crippen LogP contribution in [-0.4, -0.2) is 65.8 Å². The first kappa shape index (κ1) is 20.9. The monoisotopic (exact) mass is 395 g/mol. The molecule has 2 heterocycles. The normalized spacial score (nSPS) is 15.0. The highest BCUT2D eigenvalue weighted by Crippen LogP contribution is 2.09.